The fourth-order valence-corrected chi connectivity index (χ4v) is 5.07. The predicted molar refractivity (Wildman–Crippen MR) is 139 cm³/mol. The van der Waals surface area contributed by atoms with Crippen molar-refractivity contribution in [3.05, 3.63) is 85.4 Å². The molecule has 0 unspecified atom stereocenters. The third-order valence-electron chi connectivity index (χ3n) is 4.76. The molecule has 0 radical (unpaired) electrons. The number of hydrogen-bond donors (Lipinski definition) is 3. The predicted octanol–water partition coefficient (Wildman–Crippen LogP) is 5.36. The van der Waals surface area contributed by atoms with Crippen LogP contribution >= 0.6 is 45.9 Å². The summed E-state index contributed by atoms with van der Waals surface area (Å²) < 4.78 is 0. The van der Waals surface area contributed by atoms with Crippen molar-refractivity contribution in [1.29, 1.82) is 0 Å². The van der Waals surface area contributed by atoms with E-state index in [0.29, 0.717) is 47.2 Å². The minimum Gasteiger partial charge on any atom is -0.506 e. The minimum atomic E-state index is -0.471. The smallest absolute Gasteiger partial charge is 0.281 e. The number of carbonyl (C=O) groups excluding carboxylic acids is 2. The summed E-state index contributed by atoms with van der Waals surface area (Å²) in [5.74, 6) is -0.763. The highest BCUT2D eigenvalue weighted by atomic mass is 35.5. The Kier molecular flexibility index (Phi) is 7.76. The molecule has 178 valence electrons. The van der Waals surface area contributed by atoms with Gasteiger partial charge in [0.2, 0.25) is 0 Å². The largest absolute Gasteiger partial charge is 0.506 e. The van der Waals surface area contributed by atoms with Crippen molar-refractivity contribution in [3.8, 4) is 16.2 Å². The number of aromatic hydroxyl groups is 1. The summed E-state index contributed by atoms with van der Waals surface area (Å²) in [6, 6.07) is 8.20. The zero-order chi connectivity index (χ0) is 24.9. The maximum atomic E-state index is 12.5. The van der Waals surface area contributed by atoms with Crippen LogP contribution in [0.2, 0.25) is 10.0 Å². The average Bonchev–Trinajstić information content (AvgIpc) is 3.51. The number of carbonyl (C=O) groups is 2. The molecule has 2 amide bonds. The summed E-state index contributed by atoms with van der Waals surface area (Å²) in [6.45, 7) is 1.89. The number of rotatable bonds is 7. The van der Waals surface area contributed by atoms with Crippen LogP contribution < -0.4 is 10.7 Å². The van der Waals surface area contributed by atoms with E-state index in [1.807, 2.05) is 0 Å². The van der Waals surface area contributed by atoms with E-state index in [-0.39, 0.29) is 18.2 Å². The quantitative estimate of drug-likeness (QED) is 0.213. The SMILES string of the molecule is CC(=NNC(=O)c1ccc(C(=O)NCc2cnccn2)s1)c1csc(-c2ccc(Cl)c(Cl)c2)c1O. The first-order valence-corrected chi connectivity index (χ1v) is 12.5. The van der Waals surface area contributed by atoms with E-state index in [9.17, 15) is 14.7 Å². The maximum absolute atomic E-state index is 12.5. The van der Waals surface area contributed by atoms with Crippen molar-refractivity contribution >= 4 is 63.4 Å². The molecule has 0 saturated heterocycles. The van der Waals surface area contributed by atoms with Crippen molar-refractivity contribution in [2.45, 2.75) is 13.5 Å². The summed E-state index contributed by atoms with van der Waals surface area (Å²) in [7, 11) is 0. The van der Waals surface area contributed by atoms with Gasteiger partial charge in [-0.25, -0.2) is 5.43 Å². The summed E-state index contributed by atoms with van der Waals surface area (Å²) >= 11 is 14.4. The normalized spacial score (nSPS) is 11.3. The first kappa shape index (κ1) is 24.8. The Balaban J connectivity index is 1.40. The van der Waals surface area contributed by atoms with Gasteiger partial charge in [0.1, 0.15) is 5.75 Å². The van der Waals surface area contributed by atoms with Crippen LogP contribution in [0.3, 0.4) is 0 Å². The molecular formula is C23H17Cl2N5O3S2. The van der Waals surface area contributed by atoms with Crippen LogP contribution in [-0.4, -0.2) is 32.6 Å². The number of thiophene rings is 2. The average molecular weight is 546 g/mol. The zero-order valence-electron chi connectivity index (χ0n) is 18.1. The van der Waals surface area contributed by atoms with Gasteiger partial charge in [0.15, 0.2) is 0 Å². The molecule has 35 heavy (non-hydrogen) atoms. The van der Waals surface area contributed by atoms with Crippen molar-refractivity contribution in [1.82, 2.24) is 20.7 Å². The van der Waals surface area contributed by atoms with Gasteiger partial charge in [-0.15, -0.1) is 22.7 Å². The second kappa shape index (κ2) is 11.0. The molecule has 3 heterocycles. The highest BCUT2D eigenvalue weighted by molar-refractivity contribution is 7.16. The van der Waals surface area contributed by atoms with Gasteiger partial charge in [-0.2, -0.15) is 5.10 Å². The van der Waals surface area contributed by atoms with Gasteiger partial charge in [-0.1, -0.05) is 29.3 Å². The van der Waals surface area contributed by atoms with Crippen LogP contribution in [0.5, 0.6) is 5.75 Å². The Morgan fingerprint density at radius 1 is 1.09 bits per heavy atom. The van der Waals surface area contributed by atoms with Crippen LogP contribution in [0.1, 0.15) is 37.5 Å². The van der Waals surface area contributed by atoms with Crippen molar-refractivity contribution in [3.63, 3.8) is 0 Å². The lowest BCUT2D eigenvalue weighted by atomic mass is 10.1. The van der Waals surface area contributed by atoms with Crippen molar-refractivity contribution in [2.75, 3.05) is 0 Å². The Hall–Kier alpha value is -3.31. The topological polar surface area (TPSA) is 117 Å². The summed E-state index contributed by atoms with van der Waals surface area (Å²) in [6.07, 6.45) is 4.66. The third-order valence-corrected chi connectivity index (χ3v) is 7.60. The lowest BCUT2D eigenvalue weighted by molar-refractivity contribution is 0.0949. The van der Waals surface area contributed by atoms with Gasteiger partial charge >= 0.3 is 0 Å². The first-order valence-electron chi connectivity index (χ1n) is 10.1. The first-order chi connectivity index (χ1) is 16.8. The Morgan fingerprint density at radius 3 is 2.57 bits per heavy atom. The number of benzene rings is 1. The molecule has 0 spiro atoms. The molecule has 0 saturated carbocycles. The fraction of sp³-hybridized carbons (Fsp3) is 0.0870. The number of halogens is 2. The maximum Gasteiger partial charge on any atom is 0.281 e. The van der Waals surface area contributed by atoms with Crippen LogP contribution in [0.15, 0.2) is 59.4 Å². The monoisotopic (exact) mass is 545 g/mol. The molecular weight excluding hydrogens is 529 g/mol. The van der Waals surface area contributed by atoms with E-state index in [4.69, 9.17) is 23.2 Å². The molecule has 0 bridgehead atoms. The van der Waals surface area contributed by atoms with Gasteiger partial charge in [-0.05, 0) is 36.8 Å². The molecule has 0 aliphatic rings. The molecule has 0 aliphatic heterocycles. The molecule has 0 fully saturated rings. The second-order valence-electron chi connectivity index (χ2n) is 7.14. The number of amides is 2. The van der Waals surface area contributed by atoms with Crippen LogP contribution in [-0.2, 0) is 6.54 Å². The van der Waals surface area contributed by atoms with Gasteiger partial charge in [-0.3, -0.25) is 19.6 Å². The minimum absolute atomic E-state index is 0.0297. The molecule has 8 nitrogen and oxygen atoms in total. The van der Waals surface area contributed by atoms with E-state index in [0.717, 1.165) is 11.3 Å². The lowest BCUT2D eigenvalue weighted by Crippen LogP contribution is -2.22. The number of aromatic nitrogens is 2. The molecule has 4 rings (SSSR count). The van der Waals surface area contributed by atoms with E-state index in [1.165, 1.54) is 11.3 Å². The van der Waals surface area contributed by atoms with E-state index in [2.05, 4.69) is 25.8 Å². The Labute approximate surface area is 218 Å². The Bertz CT molecular complexity index is 1420. The standard InChI is InChI=1S/C23H17Cl2N5O3S2/c1-12(15-11-34-21(20(15)31)13-2-3-16(24)17(25)8-13)29-30-23(33)19-5-4-18(35-19)22(32)28-10-14-9-26-6-7-27-14/h2-9,11,31H,10H2,1H3,(H,28,32)(H,30,33). The second-order valence-corrected chi connectivity index (χ2v) is 9.92. The van der Waals surface area contributed by atoms with E-state index in [1.54, 1.807) is 61.2 Å². The lowest BCUT2D eigenvalue weighted by Gasteiger charge is -2.04. The summed E-state index contributed by atoms with van der Waals surface area (Å²) in [5.41, 5.74) is 4.70. The van der Waals surface area contributed by atoms with Crippen LogP contribution in [0, 0.1) is 0 Å². The number of hydrazone groups is 1. The molecule has 0 atom stereocenters. The third kappa shape index (κ3) is 5.85. The molecule has 3 aromatic heterocycles. The molecule has 0 aliphatic carbocycles. The fourth-order valence-electron chi connectivity index (χ4n) is 2.96. The number of hydrogen-bond acceptors (Lipinski definition) is 8. The molecule has 4 aromatic rings. The van der Waals surface area contributed by atoms with Crippen LogP contribution in [0.25, 0.3) is 10.4 Å². The zero-order valence-corrected chi connectivity index (χ0v) is 21.2. The van der Waals surface area contributed by atoms with Gasteiger partial charge in [0.25, 0.3) is 11.8 Å². The van der Waals surface area contributed by atoms with E-state index < -0.39 is 5.91 Å². The van der Waals surface area contributed by atoms with E-state index >= 15 is 0 Å². The van der Waals surface area contributed by atoms with Gasteiger partial charge in [0, 0.05) is 17.8 Å². The Morgan fingerprint density at radius 2 is 1.86 bits per heavy atom. The number of nitrogens with one attached hydrogen (secondary N) is 2. The molecule has 3 N–H and O–H groups in total. The van der Waals surface area contributed by atoms with Crippen molar-refractivity contribution < 1.29 is 14.7 Å². The van der Waals surface area contributed by atoms with Crippen LogP contribution in [0.4, 0.5) is 0 Å². The van der Waals surface area contributed by atoms with Crippen molar-refractivity contribution in [2.24, 2.45) is 5.10 Å². The number of nitrogens with zero attached hydrogens (tertiary/aromatic N) is 3. The molecule has 12 heteroatoms. The van der Waals surface area contributed by atoms with Gasteiger partial charge < -0.3 is 10.4 Å². The molecule has 1 aromatic carbocycles. The summed E-state index contributed by atoms with van der Waals surface area (Å²) in [4.78, 5) is 34.2. The van der Waals surface area contributed by atoms with Gasteiger partial charge in [0.05, 0.1) is 54.4 Å². The highest BCUT2D eigenvalue weighted by Crippen LogP contribution is 2.40. The highest BCUT2D eigenvalue weighted by Gasteiger charge is 2.17. The summed E-state index contributed by atoms with van der Waals surface area (Å²) in [5, 5.41) is 20.1.